The molecule has 1 amide bonds. The Bertz CT molecular complexity index is 583. The number of nitrogens with zero attached hydrogens (tertiary/aromatic N) is 3. The average Bonchev–Trinajstić information content (AvgIpc) is 3.02. The molecule has 7 nitrogen and oxygen atoms in total. The number of carbonyl (C=O) groups excluding carboxylic acids is 1. The smallest absolute Gasteiger partial charge is 0.323 e. The van der Waals surface area contributed by atoms with Gasteiger partial charge in [0.25, 0.3) is 5.91 Å². The molecule has 2 aliphatic rings. The summed E-state index contributed by atoms with van der Waals surface area (Å²) in [7, 11) is 1.56. The first kappa shape index (κ1) is 14.1. The number of amides is 1. The van der Waals surface area contributed by atoms with Crippen molar-refractivity contribution in [3.8, 4) is 0 Å². The average molecular weight is 292 g/mol. The fourth-order valence-electron chi connectivity index (χ4n) is 3.74. The molecule has 1 aromatic heterocycles. The number of nitro groups is 1. The van der Waals surface area contributed by atoms with Crippen molar-refractivity contribution in [1.29, 1.82) is 0 Å². The van der Waals surface area contributed by atoms with E-state index in [0.29, 0.717) is 24.1 Å². The van der Waals surface area contributed by atoms with E-state index in [9.17, 15) is 14.9 Å². The van der Waals surface area contributed by atoms with Crippen LogP contribution in [-0.2, 0) is 7.05 Å². The van der Waals surface area contributed by atoms with Crippen LogP contribution in [0.15, 0.2) is 12.1 Å². The number of likely N-dealkylation sites (tertiary alicyclic amines) is 1. The van der Waals surface area contributed by atoms with E-state index in [1.807, 2.05) is 0 Å². The van der Waals surface area contributed by atoms with Crippen molar-refractivity contribution in [3.05, 3.63) is 27.9 Å². The second-order valence-electron chi connectivity index (χ2n) is 6.12. The van der Waals surface area contributed by atoms with Gasteiger partial charge in [0.2, 0.25) is 0 Å². The highest BCUT2D eigenvalue weighted by atomic mass is 16.6. The molecule has 114 valence electrons. The molecule has 7 heteroatoms. The van der Waals surface area contributed by atoms with E-state index in [1.54, 1.807) is 11.9 Å². The third-order valence-corrected chi connectivity index (χ3v) is 4.94. The molecule has 3 unspecified atom stereocenters. The van der Waals surface area contributed by atoms with Crippen LogP contribution in [0.1, 0.15) is 29.8 Å². The summed E-state index contributed by atoms with van der Waals surface area (Å²) in [5, 5.41) is 10.9. The molecule has 1 saturated heterocycles. The molecule has 1 aliphatic heterocycles. The molecular weight excluding hydrogens is 272 g/mol. The molecule has 2 heterocycles. The summed E-state index contributed by atoms with van der Waals surface area (Å²) in [4.78, 5) is 24.8. The zero-order valence-corrected chi connectivity index (χ0v) is 12.1. The molecule has 2 fully saturated rings. The molecule has 0 spiro atoms. The summed E-state index contributed by atoms with van der Waals surface area (Å²) in [6.45, 7) is 1.39. The third-order valence-electron chi connectivity index (χ3n) is 4.94. The predicted octanol–water partition coefficient (Wildman–Crippen LogP) is 1.13. The topological polar surface area (TPSA) is 94.4 Å². The molecule has 0 aromatic carbocycles. The van der Waals surface area contributed by atoms with E-state index < -0.39 is 4.92 Å². The van der Waals surface area contributed by atoms with Crippen LogP contribution in [0.2, 0.25) is 0 Å². The van der Waals surface area contributed by atoms with Gasteiger partial charge in [0.1, 0.15) is 0 Å². The lowest BCUT2D eigenvalue weighted by Crippen LogP contribution is -2.38. The molecular formula is C14H20N4O3. The monoisotopic (exact) mass is 292 g/mol. The van der Waals surface area contributed by atoms with Gasteiger partial charge in [-0.3, -0.25) is 4.79 Å². The van der Waals surface area contributed by atoms with Crippen molar-refractivity contribution < 1.29 is 9.72 Å². The van der Waals surface area contributed by atoms with Crippen molar-refractivity contribution >= 4 is 11.7 Å². The van der Waals surface area contributed by atoms with E-state index in [4.69, 9.17) is 5.73 Å². The standard InChI is InChI=1S/C14H20N4O3/c1-16-12(5-6-13(16)18(20)21)14(19)17-7-9-3-2-4-11(15)10(9)8-17/h5-6,9-11H,2-4,7-8,15H2,1H3. The first-order valence-electron chi connectivity index (χ1n) is 7.34. The summed E-state index contributed by atoms with van der Waals surface area (Å²) in [5.74, 6) is 0.657. The lowest BCUT2D eigenvalue weighted by molar-refractivity contribution is -0.391. The Morgan fingerprint density at radius 1 is 1.38 bits per heavy atom. The van der Waals surface area contributed by atoms with Gasteiger partial charge in [-0.1, -0.05) is 6.42 Å². The normalized spacial score (nSPS) is 28.5. The van der Waals surface area contributed by atoms with Crippen LogP contribution in [0.5, 0.6) is 0 Å². The van der Waals surface area contributed by atoms with Crippen LogP contribution in [-0.4, -0.2) is 39.4 Å². The maximum absolute atomic E-state index is 12.6. The van der Waals surface area contributed by atoms with Gasteiger partial charge in [0, 0.05) is 25.2 Å². The van der Waals surface area contributed by atoms with Crippen LogP contribution in [0, 0.1) is 22.0 Å². The fourth-order valence-corrected chi connectivity index (χ4v) is 3.74. The largest absolute Gasteiger partial charge is 0.358 e. The van der Waals surface area contributed by atoms with E-state index in [2.05, 4.69) is 0 Å². The zero-order chi connectivity index (χ0) is 15.1. The van der Waals surface area contributed by atoms with Crippen molar-refractivity contribution in [1.82, 2.24) is 9.47 Å². The maximum Gasteiger partial charge on any atom is 0.323 e. The second-order valence-corrected chi connectivity index (χ2v) is 6.12. The van der Waals surface area contributed by atoms with E-state index >= 15 is 0 Å². The third kappa shape index (κ3) is 2.31. The van der Waals surface area contributed by atoms with E-state index in [1.165, 1.54) is 16.7 Å². The summed E-state index contributed by atoms with van der Waals surface area (Å²) < 4.78 is 1.35. The lowest BCUT2D eigenvalue weighted by Gasteiger charge is -2.29. The number of hydrogen-bond donors (Lipinski definition) is 1. The quantitative estimate of drug-likeness (QED) is 0.653. The van der Waals surface area contributed by atoms with Gasteiger partial charge >= 0.3 is 5.82 Å². The van der Waals surface area contributed by atoms with E-state index in [-0.39, 0.29) is 17.8 Å². The molecule has 2 N–H and O–H groups in total. The molecule has 0 bridgehead atoms. The van der Waals surface area contributed by atoms with Gasteiger partial charge in [-0.25, -0.2) is 4.57 Å². The molecule has 3 rings (SSSR count). The summed E-state index contributed by atoms with van der Waals surface area (Å²) in [6.07, 6.45) is 3.27. The molecule has 0 radical (unpaired) electrons. The Kier molecular flexibility index (Phi) is 3.44. The number of carbonyl (C=O) groups is 1. The van der Waals surface area contributed by atoms with Crippen LogP contribution < -0.4 is 5.73 Å². The maximum atomic E-state index is 12.6. The Labute approximate surface area is 122 Å². The Balaban J connectivity index is 1.79. The van der Waals surface area contributed by atoms with Crippen LogP contribution in [0.25, 0.3) is 0 Å². The summed E-state index contributed by atoms with van der Waals surface area (Å²) in [6, 6.07) is 3.08. The summed E-state index contributed by atoms with van der Waals surface area (Å²) in [5.41, 5.74) is 6.53. The molecule has 21 heavy (non-hydrogen) atoms. The highest BCUT2D eigenvalue weighted by Crippen LogP contribution is 2.36. The van der Waals surface area contributed by atoms with Gasteiger partial charge < -0.3 is 20.7 Å². The minimum absolute atomic E-state index is 0.0633. The first-order valence-corrected chi connectivity index (χ1v) is 7.34. The van der Waals surface area contributed by atoms with Gasteiger partial charge in [-0.15, -0.1) is 0 Å². The van der Waals surface area contributed by atoms with Gasteiger partial charge in [-0.05, 0) is 35.7 Å². The Morgan fingerprint density at radius 3 is 2.76 bits per heavy atom. The number of rotatable bonds is 2. The van der Waals surface area contributed by atoms with Crippen molar-refractivity contribution in [2.24, 2.45) is 24.6 Å². The van der Waals surface area contributed by atoms with Crippen molar-refractivity contribution in [3.63, 3.8) is 0 Å². The van der Waals surface area contributed by atoms with Crippen LogP contribution in [0.3, 0.4) is 0 Å². The molecule has 1 aliphatic carbocycles. The highest BCUT2D eigenvalue weighted by molar-refractivity contribution is 5.93. The number of fused-ring (bicyclic) bond motifs is 1. The molecule has 1 saturated carbocycles. The Morgan fingerprint density at radius 2 is 2.14 bits per heavy atom. The molecule has 1 aromatic rings. The SMILES string of the molecule is Cn1c(C(=O)N2CC3CCCC(N)C3C2)ccc1[N+](=O)[O-]. The number of aromatic nitrogens is 1. The predicted molar refractivity (Wildman–Crippen MR) is 76.8 cm³/mol. The van der Waals surface area contributed by atoms with Gasteiger partial charge in [-0.2, -0.15) is 0 Å². The minimum Gasteiger partial charge on any atom is -0.358 e. The van der Waals surface area contributed by atoms with Gasteiger partial charge in [0.05, 0.1) is 7.05 Å². The Hall–Kier alpha value is -1.89. The number of hydrogen-bond acceptors (Lipinski definition) is 4. The van der Waals surface area contributed by atoms with Crippen LogP contribution >= 0.6 is 0 Å². The first-order chi connectivity index (χ1) is 9.99. The molecule has 3 atom stereocenters. The lowest BCUT2D eigenvalue weighted by atomic mass is 9.78. The number of nitrogens with two attached hydrogens (primary N) is 1. The zero-order valence-electron chi connectivity index (χ0n) is 12.1. The van der Waals surface area contributed by atoms with Gasteiger partial charge in [0.15, 0.2) is 5.69 Å². The van der Waals surface area contributed by atoms with Crippen molar-refractivity contribution in [2.45, 2.75) is 25.3 Å². The second kappa shape index (κ2) is 5.14. The minimum atomic E-state index is -0.476. The van der Waals surface area contributed by atoms with Crippen LogP contribution in [0.4, 0.5) is 5.82 Å². The fraction of sp³-hybridized carbons (Fsp3) is 0.643. The van der Waals surface area contributed by atoms with Crippen molar-refractivity contribution in [2.75, 3.05) is 13.1 Å². The highest BCUT2D eigenvalue weighted by Gasteiger charge is 2.41. The van der Waals surface area contributed by atoms with E-state index in [0.717, 1.165) is 25.8 Å². The summed E-state index contributed by atoms with van der Waals surface area (Å²) >= 11 is 0.